The van der Waals surface area contributed by atoms with Crippen LogP contribution in [-0.2, 0) is 0 Å². The van der Waals surface area contributed by atoms with Crippen LogP contribution in [0.15, 0.2) is 73.2 Å². The Morgan fingerprint density at radius 1 is 0.846 bits per heavy atom. The van der Waals surface area contributed by atoms with Gasteiger partial charge in [-0.25, -0.2) is 4.98 Å². The second-order valence-corrected chi connectivity index (χ2v) is 6.86. The summed E-state index contributed by atoms with van der Waals surface area (Å²) in [5.74, 6) is 0.804. The average molecular weight is 380 g/mol. The molecule has 0 atom stereocenters. The summed E-state index contributed by atoms with van der Waals surface area (Å²) in [5.41, 5.74) is 4.93. The number of nitrogens with zero attached hydrogens (tertiary/aromatic N) is 3. The molecule has 0 radical (unpaired) electrons. The molecule has 0 aliphatic heterocycles. The van der Waals surface area contributed by atoms with E-state index in [1.807, 2.05) is 60.8 Å². The lowest BCUT2D eigenvalue weighted by Crippen LogP contribution is -2.02. The van der Waals surface area contributed by atoms with Crippen molar-refractivity contribution in [2.45, 2.75) is 6.92 Å². The van der Waals surface area contributed by atoms with Gasteiger partial charge in [-0.05, 0) is 48.9 Å². The van der Waals surface area contributed by atoms with Crippen LogP contribution in [-0.4, -0.2) is 14.5 Å². The highest BCUT2D eigenvalue weighted by atomic mass is 35.5. The number of hydrogen-bond acceptors (Lipinski definition) is 2. The molecule has 2 aromatic heterocycles. The van der Waals surface area contributed by atoms with Crippen molar-refractivity contribution in [1.29, 1.82) is 0 Å². The zero-order valence-electron chi connectivity index (χ0n) is 14.0. The highest BCUT2D eigenvalue weighted by molar-refractivity contribution is 6.31. The molecule has 0 saturated heterocycles. The molecule has 0 N–H and O–H groups in total. The van der Waals surface area contributed by atoms with Gasteiger partial charge in [0.25, 0.3) is 0 Å². The quantitative estimate of drug-likeness (QED) is 0.423. The summed E-state index contributed by atoms with van der Waals surface area (Å²) in [5, 5.41) is 1.36. The summed E-state index contributed by atoms with van der Waals surface area (Å²) in [6.07, 6.45) is 5.41. The Balaban J connectivity index is 2.02. The molecule has 0 fully saturated rings. The average Bonchev–Trinajstić information content (AvgIpc) is 3.09. The van der Waals surface area contributed by atoms with Gasteiger partial charge in [-0.15, -0.1) is 0 Å². The molecule has 0 spiro atoms. The molecule has 0 bridgehead atoms. The Morgan fingerprint density at radius 3 is 2.42 bits per heavy atom. The number of imidazole rings is 1. The number of hydrogen-bond donors (Lipinski definition) is 0. The van der Waals surface area contributed by atoms with Gasteiger partial charge in [0.1, 0.15) is 5.82 Å². The molecule has 128 valence electrons. The summed E-state index contributed by atoms with van der Waals surface area (Å²) < 4.78 is 2.10. The molecule has 4 aromatic rings. The molecule has 26 heavy (non-hydrogen) atoms. The second-order valence-electron chi connectivity index (χ2n) is 5.99. The Labute approximate surface area is 161 Å². The van der Waals surface area contributed by atoms with Crippen LogP contribution in [0.3, 0.4) is 0 Å². The summed E-state index contributed by atoms with van der Waals surface area (Å²) in [6.45, 7) is 2.06. The van der Waals surface area contributed by atoms with Crippen molar-refractivity contribution < 1.29 is 0 Å². The van der Waals surface area contributed by atoms with Gasteiger partial charge < -0.3 is 0 Å². The fourth-order valence-corrected chi connectivity index (χ4v) is 3.33. The first-order valence-corrected chi connectivity index (χ1v) is 8.90. The van der Waals surface area contributed by atoms with Gasteiger partial charge in [0.05, 0.1) is 17.6 Å². The van der Waals surface area contributed by atoms with Crippen LogP contribution in [0.1, 0.15) is 5.56 Å². The standard InChI is InChI=1S/C21H15Cl2N3/c1-14-7-8-18(23)11-19(14)26-20(15-4-2-6-17(22)10-15)13-25-21(26)16-5-3-9-24-12-16/h2-13H,1H3. The second kappa shape index (κ2) is 6.94. The maximum Gasteiger partial charge on any atom is 0.146 e. The fourth-order valence-electron chi connectivity index (χ4n) is 2.97. The lowest BCUT2D eigenvalue weighted by Gasteiger charge is -2.15. The molecule has 0 aliphatic carbocycles. The van der Waals surface area contributed by atoms with Crippen LogP contribution >= 0.6 is 23.2 Å². The first-order valence-electron chi connectivity index (χ1n) is 8.14. The zero-order chi connectivity index (χ0) is 18.1. The van der Waals surface area contributed by atoms with E-state index in [4.69, 9.17) is 23.2 Å². The van der Waals surface area contributed by atoms with Crippen molar-refractivity contribution in [3.8, 4) is 28.3 Å². The molecule has 0 aliphatic rings. The van der Waals surface area contributed by atoms with Crippen molar-refractivity contribution in [2.24, 2.45) is 0 Å². The number of halogens is 2. The predicted octanol–water partition coefficient (Wildman–Crippen LogP) is 6.22. The third-order valence-corrected chi connectivity index (χ3v) is 4.68. The van der Waals surface area contributed by atoms with Gasteiger partial charge in [0, 0.05) is 33.6 Å². The summed E-state index contributed by atoms with van der Waals surface area (Å²) >= 11 is 12.5. The molecule has 0 amide bonds. The minimum atomic E-state index is 0.675. The van der Waals surface area contributed by atoms with Gasteiger partial charge in [-0.3, -0.25) is 9.55 Å². The number of aromatic nitrogens is 3. The molecule has 5 heteroatoms. The number of benzene rings is 2. The van der Waals surface area contributed by atoms with Gasteiger partial charge in [0.15, 0.2) is 0 Å². The Hall–Kier alpha value is -2.62. The van der Waals surface area contributed by atoms with Gasteiger partial charge in [-0.2, -0.15) is 0 Å². The van der Waals surface area contributed by atoms with Crippen molar-refractivity contribution in [3.63, 3.8) is 0 Å². The summed E-state index contributed by atoms with van der Waals surface area (Å²) in [6, 6.07) is 17.5. The predicted molar refractivity (Wildman–Crippen MR) is 107 cm³/mol. The topological polar surface area (TPSA) is 30.7 Å². The van der Waals surface area contributed by atoms with Gasteiger partial charge >= 0.3 is 0 Å². The maximum absolute atomic E-state index is 6.29. The zero-order valence-corrected chi connectivity index (χ0v) is 15.5. The van der Waals surface area contributed by atoms with E-state index in [0.29, 0.717) is 10.0 Å². The molecule has 0 unspecified atom stereocenters. The third-order valence-electron chi connectivity index (χ3n) is 4.21. The van der Waals surface area contributed by atoms with Crippen LogP contribution in [0.4, 0.5) is 0 Å². The molecular formula is C21H15Cl2N3. The molecule has 3 nitrogen and oxygen atoms in total. The molecular weight excluding hydrogens is 365 g/mol. The summed E-state index contributed by atoms with van der Waals surface area (Å²) in [4.78, 5) is 8.91. The van der Waals surface area contributed by atoms with E-state index in [1.54, 1.807) is 12.4 Å². The number of aryl methyl sites for hydroxylation is 1. The minimum Gasteiger partial charge on any atom is -0.292 e. The van der Waals surface area contributed by atoms with Crippen LogP contribution in [0, 0.1) is 6.92 Å². The highest BCUT2D eigenvalue weighted by Crippen LogP contribution is 2.33. The lowest BCUT2D eigenvalue weighted by atomic mass is 10.1. The molecule has 2 aromatic carbocycles. The molecule has 2 heterocycles. The number of pyridine rings is 1. The lowest BCUT2D eigenvalue weighted by molar-refractivity contribution is 1.05. The van der Waals surface area contributed by atoms with E-state index in [2.05, 4.69) is 21.5 Å². The monoisotopic (exact) mass is 379 g/mol. The SMILES string of the molecule is Cc1ccc(Cl)cc1-n1c(-c2cccc(Cl)c2)cnc1-c1cccnc1. The fraction of sp³-hybridized carbons (Fsp3) is 0.0476. The number of rotatable bonds is 3. The van der Waals surface area contributed by atoms with E-state index >= 15 is 0 Å². The first-order chi connectivity index (χ1) is 12.6. The van der Waals surface area contributed by atoms with Crippen LogP contribution < -0.4 is 0 Å². The summed E-state index contributed by atoms with van der Waals surface area (Å²) in [7, 11) is 0. The Morgan fingerprint density at radius 2 is 1.65 bits per heavy atom. The van der Waals surface area contributed by atoms with E-state index in [9.17, 15) is 0 Å². The first kappa shape index (κ1) is 16.8. The van der Waals surface area contributed by atoms with Crippen LogP contribution in [0.25, 0.3) is 28.3 Å². The highest BCUT2D eigenvalue weighted by Gasteiger charge is 2.17. The van der Waals surface area contributed by atoms with Gasteiger partial charge in [0.2, 0.25) is 0 Å². The Kier molecular flexibility index (Phi) is 4.49. The largest absolute Gasteiger partial charge is 0.292 e. The molecule has 0 saturated carbocycles. The van der Waals surface area contributed by atoms with E-state index in [0.717, 1.165) is 33.9 Å². The van der Waals surface area contributed by atoms with Crippen LogP contribution in [0.5, 0.6) is 0 Å². The normalized spacial score (nSPS) is 10.9. The van der Waals surface area contributed by atoms with Gasteiger partial charge in [-0.1, -0.05) is 41.4 Å². The smallest absolute Gasteiger partial charge is 0.146 e. The molecule has 4 rings (SSSR count). The van der Waals surface area contributed by atoms with Crippen molar-refractivity contribution in [3.05, 3.63) is 88.8 Å². The minimum absolute atomic E-state index is 0.675. The Bertz CT molecular complexity index is 1070. The van der Waals surface area contributed by atoms with Crippen molar-refractivity contribution in [2.75, 3.05) is 0 Å². The third kappa shape index (κ3) is 3.12. The van der Waals surface area contributed by atoms with E-state index in [-0.39, 0.29) is 0 Å². The van der Waals surface area contributed by atoms with Crippen LogP contribution in [0.2, 0.25) is 10.0 Å². The maximum atomic E-state index is 6.29. The van der Waals surface area contributed by atoms with Crippen molar-refractivity contribution in [1.82, 2.24) is 14.5 Å². The van der Waals surface area contributed by atoms with E-state index < -0.39 is 0 Å². The van der Waals surface area contributed by atoms with Crippen molar-refractivity contribution >= 4 is 23.2 Å². The van der Waals surface area contributed by atoms with E-state index in [1.165, 1.54) is 0 Å².